The number of nitrogens with one attached hydrogen (secondary N) is 1. The molecule has 0 radical (unpaired) electrons. The quantitative estimate of drug-likeness (QED) is 0.221. The highest BCUT2D eigenvalue weighted by molar-refractivity contribution is 7.15. The maximum absolute atomic E-state index is 13.7. The smallest absolute Gasteiger partial charge is 0.341 e. The first kappa shape index (κ1) is 25.3. The fourth-order valence-corrected chi connectivity index (χ4v) is 5.24. The summed E-state index contributed by atoms with van der Waals surface area (Å²) in [6, 6.07) is 23.2. The van der Waals surface area contributed by atoms with E-state index in [2.05, 4.69) is 24.4 Å². The number of aryl methyl sites for hydroxylation is 1. The monoisotopic (exact) mass is 524 g/mol. The van der Waals surface area contributed by atoms with E-state index in [1.165, 1.54) is 29.0 Å². The van der Waals surface area contributed by atoms with Crippen molar-refractivity contribution in [1.82, 2.24) is 4.98 Å². The van der Waals surface area contributed by atoms with Gasteiger partial charge in [0.1, 0.15) is 16.4 Å². The maximum atomic E-state index is 13.7. The number of anilines is 1. The molecule has 5 aromatic rings. The molecule has 7 heteroatoms. The number of pyridine rings is 1. The SMILES string of the molecule is CCOC(=O)c1c(-c2ccc(F)cc2)csc1NC(=O)c1cc(-c2ccc(CC)cc2)nc2ccccc12. The number of carbonyl (C=O) groups excluding carboxylic acids is 2. The molecule has 0 bridgehead atoms. The molecule has 5 rings (SSSR count). The average Bonchev–Trinajstić information content (AvgIpc) is 3.36. The molecule has 190 valence electrons. The first-order valence-corrected chi connectivity index (χ1v) is 13.2. The van der Waals surface area contributed by atoms with Crippen LogP contribution in [0.2, 0.25) is 0 Å². The van der Waals surface area contributed by atoms with Crippen LogP contribution in [0.4, 0.5) is 9.39 Å². The third-order valence-electron chi connectivity index (χ3n) is 6.27. The summed E-state index contributed by atoms with van der Waals surface area (Å²) in [4.78, 5) is 31.4. The van der Waals surface area contributed by atoms with Crippen LogP contribution in [0.5, 0.6) is 0 Å². The number of hydrogen-bond acceptors (Lipinski definition) is 5. The van der Waals surface area contributed by atoms with Crippen LogP contribution >= 0.6 is 11.3 Å². The Bertz CT molecular complexity index is 1630. The number of para-hydroxylation sites is 1. The van der Waals surface area contributed by atoms with E-state index in [4.69, 9.17) is 9.72 Å². The Labute approximate surface area is 223 Å². The number of carbonyl (C=O) groups is 2. The lowest BCUT2D eigenvalue weighted by molar-refractivity contribution is 0.0529. The number of halogens is 1. The molecule has 2 heterocycles. The molecule has 0 spiro atoms. The van der Waals surface area contributed by atoms with Gasteiger partial charge in [0.05, 0.1) is 23.4 Å². The van der Waals surface area contributed by atoms with Crippen LogP contribution in [0.15, 0.2) is 84.2 Å². The van der Waals surface area contributed by atoms with Crippen molar-refractivity contribution >= 4 is 39.1 Å². The highest BCUT2D eigenvalue weighted by Gasteiger charge is 2.24. The molecule has 38 heavy (non-hydrogen) atoms. The predicted molar refractivity (Wildman–Crippen MR) is 150 cm³/mol. The van der Waals surface area contributed by atoms with Crippen LogP contribution in [0.1, 0.15) is 40.1 Å². The molecule has 5 nitrogen and oxygen atoms in total. The van der Waals surface area contributed by atoms with Gasteiger partial charge >= 0.3 is 5.97 Å². The summed E-state index contributed by atoms with van der Waals surface area (Å²) in [7, 11) is 0. The summed E-state index contributed by atoms with van der Waals surface area (Å²) in [6.07, 6.45) is 0.933. The number of ether oxygens (including phenoxy) is 1. The molecule has 2 aromatic heterocycles. The number of amides is 1. The molecule has 1 amide bonds. The molecule has 0 saturated carbocycles. The Morgan fingerprint density at radius 2 is 1.66 bits per heavy atom. The van der Waals surface area contributed by atoms with Crippen LogP contribution in [-0.2, 0) is 11.2 Å². The van der Waals surface area contributed by atoms with Gasteiger partial charge < -0.3 is 10.1 Å². The number of aromatic nitrogens is 1. The van der Waals surface area contributed by atoms with Gasteiger partial charge in [-0.05, 0) is 48.7 Å². The van der Waals surface area contributed by atoms with E-state index in [0.29, 0.717) is 38.3 Å². The van der Waals surface area contributed by atoms with E-state index in [0.717, 1.165) is 12.0 Å². The average molecular weight is 525 g/mol. The molecule has 0 fully saturated rings. The van der Waals surface area contributed by atoms with Crippen LogP contribution < -0.4 is 5.32 Å². The highest BCUT2D eigenvalue weighted by Crippen LogP contribution is 2.37. The largest absolute Gasteiger partial charge is 0.462 e. The summed E-state index contributed by atoms with van der Waals surface area (Å²) in [5, 5.41) is 5.76. The third kappa shape index (κ3) is 5.06. The fourth-order valence-electron chi connectivity index (χ4n) is 4.29. The number of hydrogen-bond donors (Lipinski definition) is 1. The number of esters is 1. The number of fused-ring (bicyclic) bond motifs is 1. The fraction of sp³-hybridized carbons (Fsp3) is 0.129. The molecule has 0 aliphatic rings. The Morgan fingerprint density at radius 3 is 2.37 bits per heavy atom. The zero-order valence-electron chi connectivity index (χ0n) is 21.0. The van der Waals surface area contributed by atoms with Gasteiger partial charge in [-0.2, -0.15) is 0 Å². The van der Waals surface area contributed by atoms with Crippen molar-refractivity contribution in [3.05, 3.63) is 107 Å². The molecule has 0 aliphatic carbocycles. The van der Waals surface area contributed by atoms with Crippen molar-refractivity contribution in [3.63, 3.8) is 0 Å². The minimum atomic E-state index is -0.556. The Hall–Kier alpha value is -4.36. The summed E-state index contributed by atoms with van der Waals surface area (Å²) < 4.78 is 18.8. The third-order valence-corrected chi connectivity index (χ3v) is 7.17. The van der Waals surface area contributed by atoms with Gasteiger partial charge in [-0.3, -0.25) is 4.79 Å². The Balaban J connectivity index is 1.56. The topological polar surface area (TPSA) is 68.3 Å². The second-order valence-corrected chi connectivity index (χ2v) is 9.54. The van der Waals surface area contributed by atoms with Crippen LogP contribution in [0, 0.1) is 5.82 Å². The number of thiophene rings is 1. The van der Waals surface area contributed by atoms with Crippen molar-refractivity contribution in [3.8, 4) is 22.4 Å². The second-order valence-electron chi connectivity index (χ2n) is 8.66. The highest BCUT2D eigenvalue weighted by atomic mass is 32.1. The van der Waals surface area contributed by atoms with Gasteiger partial charge in [0.2, 0.25) is 0 Å². The first-order chi connectivity index (χ1) is 18.5. The van der Waals surface area contributed by atoms with Crippen molar-refractivity contribution in [2.75, 3.05) is 11.9 Å². The van der Waals surface area contributed by atoms with Crippen molar-refractivity contribution in [2.45, 2.75) is 20.3 Å². The Morgan fingerprint density at radius 1 is 0.947 bits per heavy atom. The lowest BCUT2D eigenvalue weighted by Gasteiger charge is -2.12. The van der Waals surface area contributed by atoms with Crippen molar-refractivity contribution in [2.24, 2.45) is 0 Å². The molecular weight excluding hydrogens is 499 g/mol. The van der Waals surface area contributed by atoms with Gasteiger partial charge in [-0.25, -0.2) is 14.2 Å². The molecule has 0 aliphatic heterocycles. The van der Waals surface area contributed by atoms with Crippen LogP contribution in [-0.4, -0.2) is 23.5 Å². The van der Waals surface area contributed by atoms with E-state index >= 15 is 0 Å². The molecule has 0 saturated heterocycles. The van der Waals surface area contributed by atoms with Gasteiger partial charge in [-0.1, -0.05) is 61.5 Å². The number of benzene rings is 3. The van der Waals surface area contributed by atoms with Crippen molar-refractivity contribution in [1.29, 1.82) is 0 Å². The first-order valence-electron chi connectivity index (χ1n) is 12.3. The minimum Gasteiger partial charge on any atom is -0.462 e. The van der Waals surface area contributed by atoms with E-state index in [1.807, 2.05) is 36.4 Å². The zero-order valence-corrected chi connectivity index (χ0v) is 21.8. The molecule has 0 atom stereocenters. The lowest BCUT2D eigenvalue weighted by Crippen LogP contribution is -2.15. The molecule has 0 unspecified atom stereocenters. The normalized spacial score (nSPS) is 10.9. The van der Waals surface area contributed by atoms with Gasteiger partial charge in [0, 0.05) is 21.9 Å². The molecular formula is C31H25FN2O3S. The second kappa shape index (κ2) is 10.9. The van der Waals surface area contributed by atoms with Gasteiger partial charge in [0.25, 0.3) is 5.91 Å². The Kier molecular flexibility index (Phi) is 7.29. The molecule has 3 aromatic carbocycles. The van der Waals surface area contributed by atoms with Crippen LogP contribution in [0.3, 0.4) is 0 Å². The predicted octanol–water partition coefficient (Wildman–Crippen LogP) is 7.76. The van der Waals surface area contributed by atoms with Crippen LogP contribution in [0.25, 0.3) is 33.3 Å². The van der Waals surface area contributed by atoms with E-state index in [-0.39, 0.29) is 23.9 Å². The van der Waals surface area contributed by atoms with Gasteiger partial charge in [-0.15, -0.1) is 11.3 Å². The zero-order chi connectivity index (χ0) is 26.6. The van der Waals surface area contributed by atoms with E-state index < -0.39 is 5.97 Å². The maximum Gasteiger partial charge on any atom is 0.341 e. The summed E-state index contributed by atoms with van der Waals surface area (Å²) in [6.45, 7) is 4.00. The van der Waals surface area contributed by atoms with E-state index in [9.17, 15) is 14.0 Å². The standard InChI is InChI=1S/C31H25FN2O3S/c1-3-19-9-11-21(12-10-19)27-17-24(23-7-5-6-8-26(23)33-27)29(35)34-30-28(31(36)37-4-2)25(18-38-30)20-13-15-22(32)16-14-20/h5-18H,3-4H2,1-2H3,(H,34,35). The molecule has 1 N–H and O–H groups in total. The van der Waals surface area contributed by atoms with Crippen molar-refractivity contribution < 1.29 is 18.7 Å². The summed E-state index contributed by atoms with van der Waals surface area (Å²) in [5.41, 5.74) is 5.40. The lowest BCUT2D eigenvalue weighted by atomic mass is 10.0. The summed E-state index contributed by atoms with van der Waals surface area (Å²) >= 11 is 1.22. The number of nitrogens with zero attached hydrogens (tertiary/aromatic N) is 1. The minimum absolute atomic E-state index is 0.181. The summed E-state index contributed by atoms with van der Waals surface area (Å²) in [5.74, 6) is -1.30. The van der Waals surface area contributed by atoms with Gasteiger partial charge in [0.15, 0.2) is 0 Å². The van der Waals surface area contributed by atoms with E-state index in [1.54, 1.807) is 30.5 Å². The number of rotatable bonds is 7.